The number of likely N-dealkylation sites (N-methyl/N-ethyl adjacent to an activating group) is 2. The Labute approximate surface area is 238 Å². The summed E-state index contributed by atoms with van der Waals surface area (Å²) in [4.78, 5) is 30.9. The van der Waals surface area contributed by atoms with Crippen molar-refractivity contribution in [2.75, 3.05) is 44.4 Å². The van der Waals surface area contributed by atoms with Gasteiger partial charge >= 0.3 is 0 Å². The predicted molar refractivity (Wildman–Crippen MR) is 166 cm³/mol. The van der Waals surface area contributed by atoms with Crippen molar-refractivity contribution >= 4 is 29.1 Å². The lowest BCUT2D eigenvalue weighted by atomic mass is 9.87. The molecule has 0 spiro atoms. The zero-order valence-corrected chi connectivity index (χ0v) is 24.7. The summed E-state index contributed by atoms with van der Waals surface area (Å²) < 4.78 is 0. The molecule has 3 aromatic rings. The van der Waals surface area contributed by atoms with Crippen molar-refractivity contribution in [1.29, 1.82) is 0 Å². The first kappa shape index (κ1) is 30.3. The number of amidine groups is 1. The van der Waals surface area contributed by atoms with E-state index in [1.54, 1.807) is 18.3 Å². The van der Waals surface area contributed by atoms with Crippen LogP contribution in [0.3, 0.4) is 0 Å². The van der Waals surface area contributed by atoms with Crippen molar-refractivity contribution in [3.8, 4) is 0 Å². The van der Waals surface area contributed by atoms with E-state index in [4.69, 9.17) is 5.73 Å². The summed E-state index contributed by atoms with van der Waals surface area (Å²) in [6.45, 7) is 14.2. The molecule has 9 heteroatoms. The number of benzene rings is 2. The Kier molecular flexibility index (Phi) is 10.0. The first-order valence-electron chi connectivity index (χ1n) is 13.3. The molecule has 1 amide bonds. The van der Waals surface area contributed by atoms with Gasteiger partial charge in [-0.05, 0) is 61.5 Å². The van der Waals surface area contributed by atoms with Crippen molar-refractivity contribution < 1.29 is 4.79 Å². The molecule has 0 aliphatic carbocycles. The third-order valence-electron chi connectivity index (χ3n) is 6.49. The zero-order valence-electron chi connectivity index (χ0n) is 24.7. The van der Waals surface area contributed by atoms with E-state index in [2.05, 4.69) is 82.1 Å². The molecule has 0 atom stereocenters. The van der Waals surface area contributed by atoms with Gasteiger partial charge in [-0.25, -0.2) is 15.0 Å². The maximum absolute atomic E-state index is 13.0. The number of hydrogen-bond acceptors (Lipinski definition) is 7. The number of aryl methyl sites for hydroxylation is 1. The lowest BCUT2D eigenvalue weighted by molar-refractivity contribution is 0.0951. The largest absolute Gasteiger partial charge is 0.382 e. The Morgan fingerprint density at radius 2 is 1.80 bits per heavy atom. The molecule has 0 aliphatic rings. The van der Waals surface area contributed by atoms with Gasteiger partial charge in [-0.15, -0.1) is 0 Å². The normalized spacial score (nSPS) is 11.8. The van der Waals surface area contributed by atoms with Crippen molar-refractivity contribution in [1.82, 2.24) is 20.2 Å². The van der Waals surface area contributed by atoms with Crippen LogP contribution in [-0.4, -0.2) is 60.8 Å². The van der Waals surface area contributed by atoms with Crippen LogP contribution >= 0.6 is 0 Å². The standard InChI is InChI=1S/C31H42N8O/c1-9-33-26-20-35-30(39(8)17-16-38(6)7)37-27(26)28(32)36-25-18-23(13-10-21(25)2)29(40)34-19-22-11-14-24(15-12-22)31(3,4)5/h9-15,18,20,33H,1,16-17,19H2,2-8H3,(H2,32,36)(H,34,40). The number of anilines is 2. The molecule has 0 saturated carbocycles. The summed E-state index contributed by atoms with van der Waals surface area (Å²) in [6.07, 6.45) is 3.20. The molecule has 40 heavy (non-hydrogen) atoms. The summed E-state index contributed by atoms with van der Waals surface area (Å²) in [5, 5.41) is 6.04. The van der Waals surface area contributed by atoms with E-state index in [-0.39, 0.29) is 17.2 Å². The van der Waals surface area contributed by atoms with Gasteiger partial charge in [-0.2, -0.15) is 0 Å². The highest BCUT2D eigenvalue weighted by molar-refractivity contribution is 6.03. The van der Waals surface area contributed by atoms with Crippen LogP contribution in [-0.2, 0) is 12.0 Å². The van der Waals surface area contributed by atoms with Gasteiger partial charge in [-0.3, -0.25) is 4.79 Å². The minimum absolute atomic E-state index is 0.0836. The second-order valence-corrected chi connectivity index (χ2v) is 11.1. The van der Waals surface area contributed by atoms with Crippen molar-refractivity contribution in [3.05, 3.63) is 89.4 Å². The maximum atomic E-state index is 13.0. The lowest BCUT2D eigenvalue weighted by Crippen LogP contribution is -2.30. The van der Waals surface area contributed by atoms with Crippen LogP contribution in [0, 0.1) is 6.92 Å². The van der Waals surface area contributed by atoms with Crippen LogP contribution < -0.4 is 21.3 Å². The van der Waals surface area contributed by atoms with Crippen LogP contribution in [0.1, 0.15) is 53.5 Å². The number of aromatic nitrogens is 2. The Hall–Kier alpha value is -4.24. The molecule has 0 unspecified atom stereocenters. The molecule has 0 aliphatic heterocycles. The Morgan fingerprint density at radius 3 is 2.42 bits per heavy atom. The molecular formula is C31H42N8O. The molecule has 0 saturated heterocycles. The average Bonchev–Trinajstić information content (AvgIpc) is 2.91. The minimum atomic E-state index is -0.184. The van der Waals surface area contributed by atoms with Gasteiger partial charge in [0.05, 0.1) is 17.6 Å². The summed E-state index contributed by atoms with van der Waals surface area (Å²) in [5.74, 6) is 0.550. The lowest BCUT2D eigenvalue weighted by Gasteiger charge is -2.20. The van der Waals surface area contributed by atoms with E-state index in [0.29, 0.717) is 35.1 Å². The van der Waals surface area contributed by atoms with Gasteiger partial charge < -0.3 is 26.2 Å². The highest BCUT2D eigenvalue weighted by Crippen LogP contribution is 2.24. The van der Waals surface area contributed by atoms with E-state index in [1.165, 1.54) is 11.8 Å². The monoisotopic (exact) mass is 542 g/mol. The van der Waals surface area contributed by atoms with Crippen LogP contribution in [0.5, 0.6) is 0 Å². The molecule has 0 radical (unpaired) electrons. The van der Waals surface area contributed by atoms with Gasteiger partial charge in [0.2, 0.25) is 5.95 Å². The second-order valence-electron chi connectivity index (χ2n) is 11.1. The highest BCUT2D eigenvalue weighted by atomic mass is 16.1. The molecule has 1 aromatic heterocycles. The van der Waals surface area contributed by atoms with E-state index < -0.39 is 0 Å². The van der Waals surface area contributed by atoms with Crippen molar-refractivity contribution in [2.45, 2.75) is 39.7 Å². The summed E-state index contributed by atoms with van der Waals surface area (Å²) >= 11 is 0. The maximum Gasteiger partial charge on any atom is 0.251 e. The predicted octanol–water partition coefficient (Wildman–Crippen LogP) is 4.60. The number of amides is 1. The molecule has 9 nitrogen and oxygen atoms in total. The topological polar surface area (TPSA) is 112 Å². The Balaban J connectivity index is 1.82. The van der Waals surface area contributed by atoms with Crippen LogP contribution in [0.25, 0.3) is 0 Å². The fourth-order valence-electron chi connectivity index (χ4n) is 3.88. The molecule has 212 valence electrons. The quantitative estimate of drug-likeness (QED) is 0.240. The zero-order chi connectivity index (χ0) is 29.4. The number of carbonyl (C=O) groups excluding carboxylic acids is 1. The SMILES string of the molecule is C=CNc1cnc(N(C)CCN(C)C)nc1C(N)=Nc1cc(C(=O)NCc2ccc(C(C)(C)C)cc2)ccc1C. The fraction of sp³-hybridized carbons (Fsp3) is 0.355. The van der Waals surface area contributed by atoms with Gasteiger partial charge in [0.15, 0.2) is 5.84 Å². The smallest absolute Gasteiger partial charge is 0.251 e. The molecule has 0 bridgehead atoms. The number of aliphatic imine (C=N–C) groups is 1. The molecular weight excluding hydrogens is 500 g/mol. The number of carbonyl (C=O) groups is 1. The highest BCUT2D eigenvalue weighted by Gasteiger charge is 2.16. The molecule has 1 heterocycles. The average molecular weight is 543 g/mol. The van der Waals surface area contributed by atoms with E-state index in [9.17, 15) is 4.79 Å². The van der Waals surface area contributed by atoms with Crippen LogP contribution in [0.4, 0.5) is 17.3 Å². The number of nitrogens with one attached hydrogen (secondary N) is 2. The second kappa shape index (κ2) is 13.2. The third kappa shape index (κ3) is 8.13. The van der Waals surface area contributed by atoms with Gasteiger partial charge in [-0.1, -0.05) is 57.7 Å². The Bertz CT molecular complexity index is 1360. The summed E-state index contributed by atoms with van der Waals surface area (Å²) in [7, 11) is 5.97. The van der Waals surface area contributed by atoms with E-state index >= 15 is 0 Å². The fourth-order valence-corrected chi connectivity index (χ4v) is 3.88. The summed E-state index contributed by atoms with van der Waals surface area (Å²) in [5.41, 5.74) is 11.9. The van der Waals surface area contributed by atoms with Gasteiger partial charge in [0, 0.05) is 32.2 Å². The molecule has 0 fully saturated rings. The molecule has 4 N–H and O–H groups in total. The first-order chi connectivity index (χ1) is 18.9. The molecule has 3 rings (SSSR count). The van der Waals surface area contributed by atoms with E-state index in [0.717, 1.165) is 24.2 Å². The van der Waals surface area contributed by atoms with Gasteiger partial charge in [0.25, 0.3) is 5.91 Å². The Morgan fingerprint density at radius 1 is 1.10 bits per heavy atom. The minimum Gasteiger partial charge on any atom is -0.382 e. The number of rotatable bonds is 11. The number of nitrogens with two attached hydrogens (primary N) is 1. The molecule has 2 aromatic carbocycles. The summed E-state index contributed by atoms with van der Waals surface area (Å²) in [6, 6.07) is 13.7. The van der Waals surface area contributed by atoms with Crippen molar-refractivity contribution in [3.63, 3.8) is 0 Å². The van der Waals surface area contributed by atoms with Crippen molar-refractivity contribution in [2.24, 2.45) is 10.7 Å². The first-order valence-corrected chi connectivity index (χ1v) is 13.3. The third-order valence-corrected chi connectivity index (χ3v) is 6.49. The van der Waals surface area contributed by atoms with Gasteiger partial charge in [0.1, 0.15) is 5.69 Å². The van der Waals surface area contributed by atoms with Crippen LogP contribution in [0.2, 0.25) is 0 Å². The van der Waals surface area contributed by atoms with E-state index in [1.807, 2.05) is 39.0 Å². The number of hydrogen-bond donors (Lipinski definition) is 3. The van der Waals surface area contributed by atoms with Crippen LogP contribution in [0.15, 0.2) is 66.4 Å². The number of nitrogens with zero attached hydrogens (tertiary/aromatic N) is 5.